The third kappa shape index (κ3) is 18.1. The smallest absolute Gasteiger partial charge is 0.255 e. The maximum atomic E-state index is 12.6. The van der Waals surface area contributed by atoms with Crippen LogP contribution in [0.5, 0.6) is 23.0 Å². The predicted molar refractivity (Wildman–Crippen MR) is 468 cm³/mol. The van der Waals surface area contributed by atoms with E-state index in [4.69, 9.17) is 30.5 Å². The molecule has 626 valence electrons. The van der Waals surface area contributed by atoms with E-state index in [1.54, 1.807) is 114 Å². The van der Waals surface area contributed by atoms with E-state index in [-0.39, 0.29) is 35.2 Å². The van der Waals surface area contributed by atoms with Gasteiger partial charge in [0.05, 0.1) is 108 Å². The van der Waals surface area contributed by atoms with E-state index in [0.29, 0.717) is 110 Å². The van der Waals surface area contributed by atoms with Gasteiger partial charge < -0.3 is 61.5 Å². The van der Waals surface area contributed by atoms with Crippen molar-refractivity contribution in [2.24, 2.45) is 28.2 Å². The number of aromatic amines is 4. The van der Waals surface area contributed by atoms with Crippen LogP contribution in [0.1, 0.15) is 98.7 Å². The van der Waals surface area contributed by atoms with Crippen molar-refractivity contribution in [2.45, 2.75) is 72.9 Å². The van der Waals surface area contributed by atoms with Crippen LogP contribution in [-0.2, 0) is 28.2 Å². The molecule has 12 N–H and O–H groups in total. The van der Waals surface area contributed by atoms with Crippen LogP contribution in [-0.4, -0.2) is 177 Å². The van der Waals surface area contributed by atoms with Gasteiger partial charge in [-0.3, -0.25) is 39.6 Å². The number of benzene rings is 8. The van der Waals surface area contributed by atoms with Gasteiger partial charge in [0.15, 0.2) is 23.3 Å². The van der Waals surface area contributed by atoms with Crippen LogP contribution in [0, 0.1) is 20.8 Å². The summed E-state index contributed by atoms with van der Waals surface area (Å²) in [7, 11) is 15.0. The molecule has 0 unspecified atom stereocenters. The maximum absolute atomic E-state index is 12.6. The average molecular weight is 1670 g/mol. The van der Waals surface area contributed by atoms with Gasteiger partial charge in [-0.25, -0.2) is 18.7 Å². The third-order valence-corrected chi connectivity index (χ3v) is 20.5. The van der Waals surface area contributed by atoms with Gasteiger partial charge in [0.25, 0.3) is 23.6 Å². The summed E-state index contributed by atoms with van der Waals surface area (Å²) in [6.07, 6.45) is 9.16. The SMILES string of the molecule is CCNC(=O)c1ccc(-c2nc(Nc3ccc4[nH]ncc4c3C)n(C)n2)cc1OC.CNC(=O)c1ccc(-c2nc(Nc3ccc4[nH]ncc4c3Cl)n(C)n2)cc1OC.COc1cc(-c2nc(Nc3ccc4[nH]ncc4c3C)n(C)n2)ccc1C(=O)NC(C)(C)C.COc1cc(-c2nc(Nc3ccc4[nH]ncc4c3C)n(C)n2)ccc1C(=O)NC1CC1. The number of amides is 4. The summed E-state index contributed by atoms with van der Waals surface area (Å²) in [6, 6.07) is 37.1. The van der Waals surface area contributed by atoms with Crippen LogP contribution in [0.4, 0.5) is 46.5 Å². The van der Waals surface area contributed by atoms with E-state index >= 15 is 0 Å². The highest BCUT2D eigenvalue weighted by Gasteiger charge is 2.28. The number of halogens is 1. The third-order valence-electron chi connectivity index (χ3n) is 20.1. The van der Waals surface area contributed by atoms with Gasteiger partial charge in [0.2, 0.25) is 23.8 Å². The van der Waals surface area contributed by atoms with Crippen molar-refractivity contribution in [2.75, 3.05) is 63.3 Å². The molecule has 0 atom stereocenters. The summed E-state index contributed by atoms with van der Waals surface area (Å²) in [5.41, 5.74) is 15.0. The summed E-state index contributed by atoms with van der Waals surface area (Å²) >= 11 is 6.48. The molecule has 0 radical (unpaired) electrons. The summed E-state index contributed by atoms with van der Waals surface area (Å²) < 4.78 is 28.4. The maximum Gasteiger partial charge on any atom is 0.255 e. The van der Waals surface area contributed by atoms with Gasteiger partial charge in [-0.05, 0) is 175 Å². The van der Waals surface area contributed by atoms with Gasteiger partial charge in [-0.15, -0.1) is 20.4 Å². The van der Waals surface area contributed by atoms with Crippen molar-refractivity contribution in [3.05, 3.63) is 190 Å². The number of ether oxygens (including phenoxy) is 4. The molecule has 0 saturated heterocycles. The molecule has 122 heavy (non-hydrogen) atoms. The Hall–Kier alpha value is -15.2. The lowest BCUT2D eigenvalue weighted by Gasteiger charge is -2.21. The molecule has 0 bridgehead atoms. The number of rotatable bonds is 22. The Bertz CT molecular complexity index is 6590. The Kier molecular flexibility index (Phi) is 24.2. The first-order valence-electron chi connectivity index (χ1n) is 38.7. The van der Waals surface area contributed by atoms with Gasteiger partial charge in [0, 0.05) is 114 Å². The summed E-state index contributed by atoms with van der Waals surface area (Å²) in [5.74, 6) is 5.56. The number of carbonyl (C=O) groups is 4. The van der Waals surface area contributed by atoms with Crippen molar-refractivity contribution in [1.82, 2.24) is 121 Å². The number of methoxy groups -OCH3 is 4. The monoisotopic (exact) mass is 1670 g/mol. The number of carbonyl (C=O) groups excluding carboxylic acids is 4. The second-order valence-corrected chi connectivity index (χ2v) is 29.9. The van der Waals surface area contributed by atoms with E-state index < -0.39 is 0 Å². The zero-order chi connectivity index (χ0) is 86.4. The lowest BCUT2D eigenvalue weighted by molar-refractivity contribution is 0.0912. The van der Waals surface area contributed by atoms with Crippen LogP contribution in [0.2, 0.25) is 5.02 Å². The number of nitrogens with one attached hydrogen (secondary N) is 12. The number of H-pyrrole nitrogens is 4. The van der Waals surface area contributed by atoms with Crippen LogP contribution < -0.4 is 61.5 Å². The first-order chi connectivity index (χ1) is 58.7. The standard InChI is InChI=1S/C23H27N7O2.C22H23N7O2.C21H23N7O2.C19H18ClN7O2/c1-13-16-12-24-28-18(16)10-9-17(13)25-22-26-20(29-30(22)5)14-7-8-15(19(11-14)32-6)21(31)27-23(2,3)4;1-12-16-11-23-27-18(16)9-8-17(12)25-22-26-20(28-29(22)2)13-4-7-15(19(10-13)31-3)21(30)24-14-5-6-14;1-5-22-20(29)14-7-6-13(10-18(14)30-4)19-25-21(28(3)27-19)24-16-8-9-17-15(12(16)2)11-23-26-17;1-21-18(28)11-5-4-10(8-15(11)29-3)17-24-19(27(2)26-17)23-14-7-6-13-12(16(14)20)9-22-25-13/h7-12H,1-6H3,(H,24,28)(H,27,31)(H,25,26,29);4,7-11,14H,5-6H2,1-3H3,(H,23,27)(H,24,30)(H,25,26,28);6-11H,5H2,1-4H3,(H,22,29)(H,23,26)(H,24,25,27);4-9H,1-3H3,(H,21,28)(H,22,25)(H,23,24,26). The minimum Gasteiger partial charge on any atom is -0.496 e. The minimum absolute atomic E-state index is 0.118. The van der Waals surface area contributed by atoms with Crippen molar-refractivity contribution in [1.29, 1.82) is 0 Å². The number of nitrogens with zero attached hydrogens (tertiary/aromatic N) is 16. The lowest BCUT2D eigenvalue weighted by atomic mass is 10.1. The van der Waals surface area contributed by atoms with Gasteiger partial charge in [-0.1, -0.05) is 35.9 Å². The fourth-order valence-electron chi connectivity index (χ4n) is 13.3. The fourth-order valence-corrected chi connectivity index (χ4v) is 13.5. The predicted octanol–water partition coefficient (Wildman–Crippen LogP) is 13.6. The molecule has 37 heteroatoms. The Balaban J connectivity index is 0.000000133. The number of aromatic nitrogens is 20. The Labute approximate surface area is 704 Å². The topological polar surface area (TPSA) is 439 Å². The Morgan fingerprint density at radius 3 is 1.05 bits per heavy atom. The molecule has 4 amide bonds. The second-order valence-electron chi connectivity index (χ2n) is 29.5. The highest BCUT2D eigenvalue weighted by molar-refractivity contribution is 6.38. The first kappa shape index (κ1) is 83.3. The summed E-state index contributed by atoms with van der Waals surface area (Å²) in [4.78, 5) is 67.7. The van der Waals surface area contributed by atoms with Crippen LogP contribution in [0.3, 0.4) is 0 Å². The van der Waals surface area contributed by atoms with Crippen LogP contribution in [0.15, 0.2) is 146 Å². The highest BCUT2D eigenvalue weighted by Crippen LogP contribution is 2.37. The molecule has 1 aliphatic rings. The minimum atomic E-state index is -0.346. The zero-order valence-electron chi connectivity index (χ0n) is 69.9. The van der Waals surface area contributed by atoms with E-state index in [9.17, 15) is 19.2 Å². The second kappa shape index (κ2) is 35.5. The number of fused-ring (bicyclic) bond motifs is 4. The van der Waals surface area contributed by atoms with Crippen molar-refractivity contribution < 1.29 is 38.1 Å². The van der Waals surface area contributed by atoms with Crippen molar-refractivity contribution >= 4 is 125 Å². The van der Waals surface area contributed by atoms with E-state index in [1.807, 2.05) is 149 Å². The average Bonchev–Trinajstić information content (AvgIpc) is 1.62. The van der Waals surface area contributed by atoms with Crippen molar-refractivity contribution in [3.8, 4) is 68.5 Å². The highest BCUT2D eigenvalue weighted by atomic mass is 35.5. The molecule has 0 aliphatic heterocycles. The molecular formula is C85H91ClN28O8. The van der Waals surface area contributed by atoms with Crippen molar-refractivity contribution in [3.63, 3.8) is 0 Å². The molecule has 8 aromatic carbocycles. The molecule has 8 aromatic heterocycles. The molecule has 8 heterocycles. The number of hydrogen-bond acceptors (Lipinski definition) is 24. The summed E-state index contributed by atoms with van der Waals surface area (Å²) in [6.45, 7) is 14.3. The first-order valence-corrected chi connectivity index (χ1v) is 39.1. The molecule has 16 aromatic rings. The fraction of sp³-hybridized carbons (Fsp3) is 0.247. The quantitative estimate of drug-likeness (QED) is 0.0300. The Morgan fingerprint density at radius 1 is 0.426 bits per heavy atom. The van der Waals surface area contributed by atoms with Gasteiger partial charge in [-0.2, -0.15) is 40.3 Å². The zero-order valence-corrected chi connectivity index (χ0v) is 70.6. The van der Waals surface area contributed by atoms with Crippen LogP contribution >= 0.6 is 11.6 Å². The van der Waals surface area contributed by atoms with E-state index in [1.165, 1.54) is 14.2 Å². The summed E-state index contributed by atoms with van der Waals surface area (Å²) in [5, 5.41) is 75.2. The molecule has 1 aliphatic carbocycles. The van der Waals surface area contributed by atoms with E-state index in [0.717, 1.165) is 112 Å². The van der Waals surface area contributed by atoms with Gasteiger partial charge >= 0.3 is 0 Å². The molecule has 17 rings (SSSR count). The number of hydrogen-bond donors (Lipinski definition) is 12. The number of anilines is 8. The molecule has 1 fully saturated rings. The van der Waals surface area contributed by atoms with Crippen LogP contribution in [0.25, 0.3) is 89.2 Å². The molecule has 1 saturated carbocycles. The molecular weight excluding hydrogens is 1580 g/mol. The molecule has 0 spiro atoms. The Morgan fingerprint density at radius 2 is 0.730 bits per heavy atom. The lowest BCUT2D eigenvalue weighted by Crippen LogP contribution is -2.40. The van der Waals surface area contributed by atoms with E-state index in [2.05, 4.69) is 124 Å². The number of aryl methyl sites for hydroxylation is 7. The van der Waals surface area contributed by atoms with Gasteiger partial charge in [0.1, 0.15) is 23.0 Å². The normalized spacial score (nSPS) is 11.7. The largest absolute Gasteiger partial charge is 0.496 e. The molecule has 36 nitrogen and oxygen atoms in total.